The number of aliphatic hydroxyl groups is 1. The lowest BCUT2D eigenvalue weighted by Crippen LogP contribution is -2.32. The maximum Gasteiger partial charge on any atom is 0.256 e. The predicted octanol–water partition coefficient (Wildman–Crippen LogP) is 2.59. The Labute approximate surface area is 156 Å². The largest absolute Gasteiger partial charge is 0.396 e. The van der Waals surface area contributed by atoms with Crippen molar-refractivity contribution in [2.75, 3.05) is 13.2 Å². The van der Waals surface area contributed by atoms with Crippen molar-refractivity contribution in [3.05, 3.63) is 65.7 Å². The smallest absolute Gasteiger partial charge is 0.256 e. The molecule has 3 aromatic rings. The summed E-state index contributed by atoms with van der Waals surface area (Å²) in [7, 11) is -2.13. The van der Waals surface area contributed by atoms with E-state index in [0.29, 0.717) is 5.56 Å². The first kappa shape index (κ1) is 19.5. The Hall–Kier alpha value is -2.29. The molecule has 5 nitrogen and oxygen atoms in total. The summed E-state index contributed by atoms with van der Waals surface area (Å²) in [5, 5.41) is 10.5. The van der Waals surface area contributed by atoms with Crippen molar-refractivity contribution in [3.63, 3.8) is 0 Å². The summed E-state index contributed by atoms with van der Waals surface area (Å²) in [6, 6.07) is 12.4. The molecule has 2 N–H and O–H groups in total. The summed E-state index contributed by atoms with van der Waals surface area (Å²) in [6.07, 6.45) is 0.214. The lowest BCUT2D eigenvalue weighted by atomic mass is 10.0. The van der Waals surface area contributed by atoms with E-state index in [-0.39, 0.29) is 24.6 Å². The molecule has 0 bridgehead atoms. The molecule has 0 fully saturated rings. The van der Waals surface area contributed by atoms with Gasteiger partial charge in [-0.2, -0.15) is 0 Å². The van der Waals surface area contributed by atoms with Crippen LogP contribution in [-0.2, 0) is 23.5 Å². The normalized spacial score (nSPS) is 13.2. The molecule has 1 aromatic heterocycles. The number of sulfonamides is 1. The van der Waals surface area contributed by atoms with E-state index in [1.54, 1.807) is 17.7 Å². The van der Waals surface area contributed by atoms with Gasteiger partial charge in [0.15, 0.2) is 16.7 Å². The van der Waals surface area contributed by atoms with Gasteiger partial charge in [-0.15, -0.1) is 0 Å². The molecule has 1 atom stereocenters. The molecule has 0 aliphatic carbocycles. The molecular weight excluding hydrogens is 374 g/mol. The minimum absolute atomic E-state index is 0.0284. The van der Waals surface area contributed by atoms with Crippen molar-refractivity contribution in [2.24, 2.45) is 13.0 Å². The van der Waals surface area contributed by atoms with Gasteiger partial charge in [0.05, 0.1) is 0 Å². The summed E-state index contributed by atoms with van der Waals surface area (Å²) in [5.41, 5.74) is 1.27. The SMILES string of the molecule is Cn1c(S(=O)(=O)NCC(CO)Cc2ccc(F)c(F)c2)cc2ccccc21. The third-order valence-electron chi connectivity index (χ3n) is 4.51. The van der Waals surface area contributed by atoms with Crippen molar-refractivity contribution in [1.82, 2.24) is 9.29 Å². The van der Waals surface area contributed by atoms with Crippen molar-refractivity contribution in [1.29, 1.82) is 0 Å². The molecular formula is C19H20F2N2O3S. The van der Waals surface area contributed by atoms with Crippen LogP contribution < -0.4 is 4.72 Å². The zero-order chi connectivity index (χ0) is 19.6. The van der Waals surface area contributed by atoms with Gasteiger partial charge in [0.2, 0.25) is 0 Å². The van der Waals surface area contributed by atoms with Gasteiger partial charge in [-0.05, 0) is 42.2 Å². The number of rotatable bonds is 7. The van der Waals surface area contributed by atoms with Crippen LogP contribution in [-0.4, -0.2) is 31.2 Å². The summed E-state index contributed by atoms with van der Waals surface area (Å²) >= 11 is 0. The van der Waals surface area contributed by atoms with E-state index in [1.165, 1.54) is 6.07 Å². The summed E-state index contributed by atoms with van der Waals surface area (Å²) in [5.74, 6) is -2.39. The zero-order valence-corrected chi connectivity index (χ0v) is 15.5. The Balaban J connectivity index is 1.74. The Kier molecular flexibility index (Phi) is 5.59. The molecule has 2 aromatic carbocycles. The maximum atomic E-state index is 13.3. The first-order valence-corrected chi connectivity index (χ1v) is 9.89. The van der Waals surface area contributed by atoms with Crippen LogP contribution in [0.25, 0.3) is 10.9 Å². The number of fused-ring (bicyclic) bond motifs is 1. The molecule has 1 heterocycles. The van der Waals surface area contributed by atoms with E-state index >= 15 is 0 Å². The first-order valence-electron chi connectivity index (χ1n) is 8.40. The van der Waals surface area contributed by atoms with E-state index in [0.717, 1.165) is 23.0 Å². The number of aromatic nitrogens is 1. The van der Waals surface area contributed by atoms with Crippen LogP contribution in [0.1, 0.15) is 5.56 Å². The molecule has 0 saturated heterocycles. The third kappa shape index (κ3) is 4.18. The fourth-order valence-electron chi connectivity index (χ4n) is 3.02. The standard InChI is InChI=1S/C19H20F2N2O3S/c1-23-18-5-3-2-4-15(18)10-19(23)27(25,26)22-11-14(12-24)8-13-6-7-16(20)17(21)9-13/h2-7,9-10,14,22,24H,8,11-12H2,1H3. The number of aryl methyl sites for hydroxylation is 1. The van der Waals surface area contributed by atoms with Gasteiger partial charge in [0, 0.05) is 31.1 Å². The van der Waals surface area contributed by atoms with Crippen LogP contribution in [0.2, 0.25) is 0 Å². The lowest BCUT2D eigenvalue weighted by molar-refractivity contribution is 0.226. The summed E-state index contributed by atoms with van der Waals surface area (Å²) in [6.45, 7) is -0.323. The highest BCUT2D eigenvalue weighted by atomic mass is 32.2. The average Bonchev–Trinajstić information content (AvgIpc) is 2.99. The van der Waals surface area contributed by atoms with E-state index in [1.807, 2.05) is 24.3 Å². The Morgan fingerprint density at radius 1 is 1.11 bits per heavy atom. The molecule has 0 amide bonds. The Morgan fingerprint density at radius 2 is 1.85 bits per heavy atom. The van der Waals surface area contributed by atoms with Gasteiger partial charge < -0.3 is 9.67 Å². The van der Waals surface area contributed by atoms with E-state index in [9.17, 15) is 22.3 Å². The minimum Gasteiger partial charge on any atom is -0.396 e. The number of hydrogen-bond donors (Lipinski definition) is 2. The van der Waals surface area contributed by atoms with Crippen LogP contribution >= 0.6 is 0 Å². The maximum absolute atomic E-state index is 13.3. The molecule has 0 spiro atoms. The number of para-hydroxylation sites is 1. The highest BCUT2D eigenvalue weighted by Crippen LogP contribution is 2.22. The highest BCUT2D eigenvalue weighted by Gasteiger charge is 2.21. The molecule has 8 heteroatoms. The zero-order valence-electron chi connectivity index (χ0n) is 14.7. The topological polar surface area (TPSA) is 71.3 Å². The molecule has 0 aliphatic heterocycles. The number of nitrogens with one attached hydrogen (secondary N) is 1. The van der Waals surface area contributed by atoms with Gasteiger partial charge in [-0.1, -0.05) is 24.3 Å². The van der Waals surface area contributed by atoms with Crippen molar-refractivity contribution < 1.29 is 22.3 Å². The van der Waals surface area contributed by atoms with E-state index in [2.05, 4.69) is 4.72 Å². The number of hydrogen-bond acceptors (Lipinski definition) is 3. The molecule has 0 saturated carbocycles. The Morgan fingerprint density at radius 3 is 2.52 bits per heavy atom. The van der Waals surface area contributed by atoms with Crippen LogP contribution in [0.5, 0.6) is 0 Å². The van der Waals surface area contributed by atoms with Crippen LogP contribution in [0.15, 0.2) is 53.6 Å². The number of benzene rings is 2. The number of nitrogens with zero attached hydrogens (tertiary/aromatic N) is 1. The van der Waals surface area contributed by atoms with E-state index < -0.39 is 27.6 Å². The predicted molar refractivity (Wildman–Crippen MR) is 98.7 cm³/mol. The molecule has 1 unspecified atom stereocenters. The van der Waals surface area contributed by atoms with Gasteiger partial charge in [0.25, 0.3) is 10.0 Å². The first-order chi connectivity index (χ1) is 12.8. The fourth-order valence-corrected chi connectivity index (χ4v) is 4.37. The summed E-state index contributed by atoms with van der Waals surface area (Å²) < 4.78 is 55.8. The lowest BCUT2D eigenvalue weighted by Gasteiger charge is -2.16. The molecule has 144 valence electrons. The number of aliphatic hydroxyl groups excluding tert-OH is 1. The third-order valence-corrected chi connectivity index (χ3v) is 6.00. The van der Waals surface area contributed by atoms with Gasteiger partial charge in [-0.3, -0.25) is 0 Å². The van der Waals surface area contributed by atoms with Crippen LogP contribution in [0.3, 0.4) is 0 Å². The molecule has 27 heavy (non-hydrogen) atoms. The van der Waals surface area contributed by atoms with Crippen LogP contribution in [0.4, 0.5) is 8.78 Å². The fraction of sp³-hybridized carbons (Fsp3) is 0.263. The van der Waals surface area contributed by atoms with Gasteiger partial charge >= 0.3 is 0 Å². The second kappa shape index (κ2) is 7.75. The molecule has 0 radical (unpaired) electrons. The van der Waals surface area contributed by atoms with Crippen LogP contribution in [0, 0.1) is 17.6 Å². The monoisotopic (exact) mass is 394 g/mol. The second-order valence-electron chi connectivity index (χ2n) is 6.45. The molecule has 0 aliphatic rings. The molecule has 3 rings (SSSR count). The quantitative estimate of drug-likeness (QED) is 0.647. The van der Waals surface area contributed by atoms with Crippen molar-refractivity contribution in [3.8, 4) is 0 Å². The Bertz CT molecular complexity index is 1060. The van der Waals surface area contributed by atoms with Gasteiger partial charge in [-0.25, -0.2) is 21.9 Å². The minimum atomic E-state index is -3.80. The van der Waals surface area contributed by atoms with Crippen molar-refractivity contribution in [2.45, 2.75) is 11.4 Å². The second-order valence-corrected chi connectivity index (χ2v) is 8.17. The van der Waals surface area contributed by atoms with E-state index in [4.69, 9.17) is 0 Å². The summed E-state index contributed by atoms with van der Waals surface area (Å²) in [4.78, 5) is 0. The highest BCUT2D eigenvalue weighted by molar-refractivity contribution is 7.89. The number of halogens is 2. The van der Waals surface area contributed by atoms with Gasteiger partial charge in [0.1, 0.15) is 0 Å². The van der Waals surface area contributed by atoms with Crippen molar-refractivity contribution >= 4 is 20.9 Å². The average molecular weight is 394 g/mol.